The highest BCUT2D eigenvalue weighted by atomic mass is 16.5. The summed E-state index contributed by atoms with van der Waals surface area (Å²) in [6, 6.07) is 8.22. The summed E-state index contributed by atoms with van der Waals surface area (Å²) in [7, 11) is 1.73. The normalized spacial score (nSPS) is 13.2. The Morgan fingerprint density at radius 3 is 2.50 bits per heavy atom. The highest BCUT2D eigenvalue weighted by Gasteiger charge is 2.16. The molecule has 3 heteroatoms. The van der Waals surface area contributed by atoms with Gasteiger partial charge in [-0.3, -0.25) is 0 Å². The molecule has 0 saturated heterocycles. The number of methoxy groups -OCH3 is 1. The lowest BCUT2D eigenvalue weighted by Crippen LogP contribution is -2.40. The van der Waals surface area contributed by atoms with Gasteiger partial charge >= 0.3 is 0 Å². The SMILES string of the molecule is CCOCC(CNC(C)(C)C)Cc1ccccc1OC. The van der Waals surface area contributed by atoms with Crippen LogP contribution >= 0.6 is 0 Å². The first-order valence-corrected chi connectivity index (χ1v) is 7.41. The minimum absolute atomic E-state index is 0.130. The first kappa shape index (κ1) is 17.0. The van der Waals surface area contributed by atoms with Crippen LogP contribution in [0.5, 0.6) is 5.75 Å². The molecule has 0 spiro atoms. The van der Waals surface area contributed by atoms with Crippen LogP contribution in [-0.4, -0.2) is 32.4 Å². The second-order valence-electron chi connectivity index (χ2n) is 6.17. The minimum Gasteiger partial charge on any atom is -0.496 e. The first-order valence-electron chi connectivity index (χ1n) is 7.41. The fraction of sp³-hybridized carbons (Fsp3) is 0.647. The number of benzene rings is 1. The monoisotopic (exact) mass is 279 g/mol. The van der Waals surface area contributed by atoms with Gasteiger partial charge in [0.1, 0.15) is 5.75 Å². The average Bonchev–Trinajstić information content (AvgIpc) is 2.41. The van der Waals surface area contributed by atoms with Crippen LogP contribution < -0.4 is 10.1 Å². The average molecular weight is 279 g/mol. The summed E-state index contributed by atoms with van der Waals surface area (Å²) in [5.74, 6) is 1.41. The molecule has 1 unspecified atom stereocenters. The van der Waals surface area contributed by atoms with Crippen molar-refractivity contribution in [3.05, 3.63) is 29.8 Å². The molecule has 3 nitrogen and oxygen atoms in total. The van der Waals surface area contributed by atoms with E-state index in [9.17, 15) is 0 Å². The lowest BCUT2D eigenvalue weighted by Gasteiger charge is -2.25. The first-order chi connectivity index (χ1) is 9.46. The summed E-state index contributed by atoms with van der Waals surface area (Å²) in [6.45, 7) is 11.1. The van der Waals surface area contributed by atoms with E-state index in [1.165, 1.54) is 5.56 Å². The number of rotatable bonds is 8. The molecule has 0 heterocycles. The number of nitrogens with one attached hydrogen (secondary N) is 1. The Kier molecular flexibility index (Phi) is 7.03. The van der Waals surface area contributed by atoms with Crippen LogP contribution in [-0.2, 0) is 11.2 Å². The molecule has 0 amide bonds. The molecule has 20 heavy (non-hydrogen) atoms. The van der Waals surface area contributed by atoms with Crippen LogP contribution in [0.2, 0.25) is 0 Å². The molecule has 1 N–H and O–H groups in total. The van der Waals surface area contributed by atoms with Crippen molar-refractivity contribution in [2.75, 3.05) is 26.9 Å². The Balaban J connectivity index is 2.67. The van der Waals surface area contributed by atoms with Crippen LogP contribution in [0.15, 0.2) is 24.3 Å². The highest BCUT2D eigenvalue weighted by molar-refractivity contribution is 5.33. The maximum Gasteiger partial charge on any atom is 0.122 e. The van der Waals surface area contributed by atoms with Crippen LogP contribution in [0.4, 0.5) is 0 Å². The van der Waals surface area contributed by atoms with E-state index in [1.54, 1.807) is 7.11 Å². The lowest BCUT2D eigenvalue weighted by molar-refractivity contribution is 0.106. The van der Waals surface area contributed by atoms with Gasteiger partial charge in [-0.25, -0.2) is 0 Å². The molecule has 1 aromatic rings. The molecular formula is C17H29NO2. The standard InChI is InChI=1S/C17H29NO2/c1-6-20-13-14(12-18-17(2,3)4)11-15-9-7-8-10-16(15)19-5/h7-10,14,18H,6,11-13H2,1-5H3. The zero-order chi connectivity index (χ0) is 15.0. The predicted molar refractivity (Wildman–Crippen MR) is 84.4 cm³/mol. The third-order valence-corrected chi connectivity index (χ3v) is 3.18. The molecule has 1 aromatic carbocycles. The highest BCUT2D eigenvalue weighted by Crippen LogP contribution is 2.21. The fourth-order valence-corrected chi connectivity index (χ4v) is 2.11. The Morgan fingerprint density at radius 1 is 1.20 bits per heavy atom. The Morgan fingerprint density at radius 2 is 1.90 bits per heavy atom. The Bertz CT molecular complexity index is 385. The van der Waals surface area contributed by atoms with Gasteiger partial charge in [0.25, 0.3) is 0 Å². The van der Waals surface area contributed by atoms with Gasteiger partial charge in [0.15, 0.2) is 0 Å². The van der Waals surface area contributed by atoms with Crippen molar-refractivity contribution in [2.45, 2.75) is 39.7 Å². The summed E-state index contributed by atoms with van der Waals surface area (Å²) in [6.07, 6.45) is 0.965. The maximum absolute atomic E-state index is 5.63. The molecule has 0 aliphatic rings. The Labute approximate surface area is 123 Å². The Hall–Kier alpha value is -1.06. The second-order valence-corrected chi connectivity index (χ2v) is 6.17. The van der Waals surface area contributed by atoms with Gasteiger partial charge < -0.3 is 14.8 Å². The minimum atomic E-state index is 0.130. The summed E-state index contributed by atoms with van der Waals surface area (Å²) in [4.78, 5) is 0. The van der Waals surface area contributed by atoms with Gasteiger partial charge in [-0.2, -0.15) is 0 Å². The molecule has 0 aromatic heterocycles. The van der Waals surface area contributed by atoms with Gasteiger partial charge in [-0.05, 0) is 51.7 Å². The number of para-hydroxylation sites is 1. The van der Waals surface area contributed by atoms with E-state index in [-0.39, 0.29) is 5.54 Å². The molecule has 0 saturated carbocycles. The largest absolute Gasteiger partial charge is 0.496 e. The van der Waals surface area contributed by atoms with Gasteiger partial charge in [-0.15, -0.1) is 0 Å². The van der Waals surface area contributed by atoms with Crippen molar-refractivity contribution in [1.82, 2.24) is 5.32 Å². The smallest absolute Gasteiger partial charge is 0.122 e. The lowest BCUT2D eigenvalue weighted by atomic mass is 9.97. The molecule has 0 fully saturated rings. The quantitative estimate of drug-likeness (QED) is 0.792. The summed E-state index contributed by atoms with van der Waals surface area (Å²) in [5.41, 5.74) is 1.38. The summed E-state index contributed by atoms with van der Waals surface area (Å²) in [5, 5.41) is 3.57. The topological polar surface area (TPSA) is 30.5 Å². The summed E-state index contributed by atoms with van der Waals surface area (Å²) >= 11 is 0. The fourth-order valence-electron chi connectivity index (χ4n) is 2.11. The number of ether oxygens (including phenoxy) is 2. The van der Waals surface area contributed by atoms with Crippen molar-refractivity contribution in [3.8, 4) is 5.75 Å². The van der Waals surface area contributed by atoms with Gasteiger partial charge in [0.2, 0.25) is 0 Å². The van der Waals surface area contributed by atoms with E-state index in [2.05, 4.69) is 38.2 Å². The van der Waals surface area contributed by atoms with Crippen LogP contribution in [0.25, 0.3) is 0 Å². The van der Waals surface area contributed by atoms with Crippen molar-refractivity contribution in [1.29, 1.82) is 0 Å². The van der Waals surface area contributed by atoms with Crippen molar-refractivity contribution in [3.63, 3.8) is 0 Å². The van der Waals surface area contributed by atoms with E-state index >= 15 is 0 Å². The van der Waals surface area contributed by atoms with Crippen LogP contribution in [0.1, 0.15) is 33.3 Å². The van der Waals surface area contributed by atoms with Crippen LogP contribution in [0, 0.1) is 5.92 Å². The van der Waals surface area contributed by atoms with E-state index < -0.39 is 0 Å². The molecule has 114 valence electrons. The van der Waals surface area contributed by atoms with E-state index in [4.69, 9.17) is 9.47 Å². The van der Waals surface area contributed by atoms with E-state index in [0.717, 1.165) is 31.9 Å². The maximum atomic E-state index is 5.63. The molecule has 1 atom stereocenters. The molecule has 0 radical (unpaired) electrons. The predicted octanol–water partition coefficient (Wildman–Crippen LogP) is 3.28. The van der Waals surface area contributed by atoms with Crippen LogP contribution in [0.3, 0.4) is 0 Å². The molecule has 0 bridgehead atoms. The third-order valence-electron chi connectivity index (χ3n) is 3.18. The number of hydrogen-bond acceptors (Lipinski definition) is 3. The van der Waals surface area contributed by atoms with E-state index in [1.807, 2.05) is 19.1 Å². The van der Waals surface area contributed by atoms with Crippen molar-refractivity contribution < 1.29 is 9.47 Å². The second kappa shape index (κ2) is 8.28. The zero-order valence-electron chi connectivity index (χ0n) is 13.5. The van der Waals surface area contributed by atoms with Crippen molar-refractivity contribution in [2.24, 2.45) is 5.92 Å². The molecule has 1 rings (SSSR count). The van der Waals surface area contributed by atoms with Crippen molar-refractivity contribution >= 4 is 0 Å². The van der Waals surface area contributed by atoms with Gasteiger partial charge in [-0.1, -0.05) is 18.2 Å². The molecular weight excluding hydrogens is 250 g/mol. The third kappa shape index (κ3) is 6.40. The zero-order valence-corrected chi connectivity index (χ0v) is 13.5. The summed E-state index contributed by atoms with van der Waals surface area (Å²) < 4.78 is 11.1. The van der Waals surface area contributed by atoms with Gasteiger partial charge in [0, 0.05) is 18.7 Å². The molecule has 0 aliphatic carbocycles. The van der Waals surface area contributed by atoms with Gasteiger partial charge in [0.05, 0.1) is 13.7 Å². The molecule has 0 aliphatic heterocycles. The van der Waals surface area contributed by atoms with E-state index in [0.29, 0.717) is 5.92 Å². The number of hydrogen-bond donors (Lipinski definition) is 1.